The zero-order valence-electron chi connectivity index (χ0n) is 7.77. The van der Waals surface area contributed by atoms with Crippen LogP contribution in [-0.4, -0.2) is 38.1 Å². The van der Waals surface area contributed by atoms with Crippen LogP contribution in [0.1, 0.15) is 19.8 Å². The van der Waals surface area contributed by atoms with E-state index in [-0.39, 0.29) is 0 Å². The average Bonchev–Trinajstić information content (AvgIpc) is 2.81. The van der Waals surface area contributed by atoms with Crippen molar-refractivity contribution in [3.63, 3.8) is 0 Å². The molecule has 0 aromatic rings. The summed E-state index contributed by atoms with van der Waals surface area (Å²) in [6.07, 6.45) is 2.94. The van der Waals surface area contributed by atoms with E-state index in [9.17, 15) is 0 Å². The molecule has 0 radical (unpaired) electrons. The van der Waals surface area contributed by atoms with E-state index in [0.717, 1.165) is 12.5 Å². The summed E-state index contributed by atoms with van der Waals surface area (Å²) >= 11 is 0. The van der Waals surface area contributed by atoms with E-state index in [1.54, 1.807) is 0 Å². The van der Waals surface area contributed by atoms with Crippen LogP contribution in [0.15, 0.2) is 0 Å². The first-order chi connectivity index (χ1) is 5.36. The molecule has 1 saturated carbocycles. The third kappa shape index (κ3) is 3.73. The van der Waals surface area contributed by atoms with E-state index < -0.39 is 0 Å². The number of nitrogens with zero attached hydrogens (tertiary/aromatic N) is 1. The van der Waals surface area contributed by atoms with Gasteiger partial charge in [-0.1, -0.05) is 6.92 Å². The van der Waals surface area contributed by atoms with Gasteiger partial charge in [0.2, 0.25) is 0 Å². The lowest BCUT2D eigenvalue weighted by atomic mass is 10.3. The molecule has 11 heavy (non-hydrogen) atoms. The summed E-state index contributed by atoms with van der Waals surface area (Å²) in [5.74, 6) is 1.03. The lowest BCUT2D eigenvalue weighted by molar-refractivity contribution is 0.278. The Labute approximate surface area is 70.0 Å². The third-order valence-corrected chi connectivity index (χ3v) is 2.34. The number of hydrogen-bond acceptors (Lipinski definition) is 2. The molecule has 0 aromatic heterocycles. The van der Waals surface area contributed by atoms with Gasteiger partial charge in [-0.2, -0.15) is 0 Å². The largest absolute Gasteiger partial charge is 0.318 e. The molecular formula is C9H20N2. The maximum atomic E-state index is 3.18. The van der Waals surface area contributed by atoms with Gasteiger partial charge < -0.3 is 10.2 Å². The van der Waals surface area contributed by atoms with Gasteiger partial charge in [0.05, 0.1) is 0 Å². The van der Waals surface area contributed by atoms with Gasteiger partial charge in [0.1, 0.15) is 0 Å². The van der Waals surface area contributed by atoms with Crippen molar-refractivity contribution in [1.29, 1.82) is 0 Å². The van der Waals surface area contributed by atoms with Crippen LogP contribution in [0, 0.1) is 5.92 Å². The smallest absolute Gasteiger partial charge is 0.0107 e. The van der Waals surface area contributed by atoms with Crippen LogP contribution in [0.5, 0.6) is 0 Å². The molecule has 1 fully saturated rings. The van der Waals surface area contributed by atoms with E-state index in [2.05, 4.69) is 17.1 Å². The minimum atomic E-state index is 1.03. The van der Waals surface area contributed by atoms with E-state index in [1.807, 2.05) is 7.05 Å². The SMILES string of the molecule is CCN(CCNC)CC1CC1. The van der Waals surface area contributed by atoms with Gasteiger partial charge in [-0.25, -0.2) is 0 Å². The van der Waals surface area contributed by atoms with Crippen LogP contribution in [-0.2, 0) is 0 Å². The van der Waals surface area contributed by atoms with Crippen molar-refractivity contribution >= 4 is 0 Å². The standard InChI is InChI=1S/C9H20N2/c1-3-11(7-6-10-2)8-9-4-5-9/h9-10H,3-8H2,1-2H3. The van der Waals surface area contributed by atoms with Gasteiger partial charge in [-0.15, -0.1) is 0 Å². The summed E-state index contributed by atoms with van der Waals surface area (Å²) in [5, 5.41) is 3.18. The Morgan fingerprint density at radius 1 is 1.45 bits per heavy atom. The topological polar surface area (TPSA) is 15.3 Å². The zero-order valence-corrected chi connectivity index (χ0v) is 7.77. The summed E-state index contributed by atoms with van der Waals surface area (Å²) < 4.78 is 0. The van der Waals surface area contributed by atoms with Crippen LogP contribution in [0.2, 0.25) is 0 Å². The molecular weight excluding hydrogens is 136 g/mol. The molecule has 0 heterocycles. The fourth-order valence-corrected chi connectivity index (χ4v) is 1.31. The van der Waals surface area contributed by atoms with Gasteiger partial charge in [0.15, 0.2) is 0 Å². The molecule has 1 rings (SSSR count). The Bertz CT molecular complexity index is 99.7. The second-order valence-electron chi connectivity index (χ2n) is 3.44. The molecule has 0 amide bonds. The van der Waals surface area contributed by atoms with Crippen molar-refractivity contribution in [2.24, 2.45) is 5.92 Å². The summed E-state index contributed by atoms with van der Waals surface area (Å²) in [6.45, 7) is 7.12. The number of likely N-dealkylation sites (N-methyl/N-ethyl adjacent to an activating group) is 2. The lowest BCUT2D eigenvalue weighted by Gasteiger charge is -2.19. The van der Waals surface area contributed by atoms with Crippen molar-refractivity contribution in [3.05, 3.63) is 0 Å². The van der Waals surface area contributed by atoms with Crippen LogP contribution in [0.4, 0.5) is 0 Å². The monoisotopic (exact) mass is 156 g/mol. The van der Waals surface area contributed by atoms with Crippen molar-refractivity contribution in [3.8, 4) is 0 Å². The maximum absolute atomic E-state index is 3.18. The maximum Gasteiger partial charge on any atom is 0.0107 e. The summed E-state index contributed by atoms with van der Waals surface area (Å²) in [7, 11) is 2.02. The van der Waals surface area contributed by atoms with Crippen molar-refractivity contribution in [2.45, 2.75) is 19.8 Å². The molecule has 0 aromatic carbocycles. The second-order valence-corrected chi connectivity index (χ2v) is 3.44. The van der Waals surface area contributed by atoms with E-state index in [4.69, 9.17) is 0 Å². The van der Waals surface area contributed by atoms with Gasteiger partial charge >= 0.3 is 0 Å². The highest BCUT2D eigenvalue weighted by molar-refractivity contribution is 4.76. The van der Waals surface area contributed by atoms with E-state index in [1.165, 1.54) is 32.5 Å². The Balaban J connectivity index is 2.02. The summed E-state index contributed by atoms with van der Waals surface area (Å²) in [6, 6.07) is 0. The zero-order chi connectivity index (χ0) is 8.10. The first-order valence-electron chi connectivity index (χ1n) is 4.73. The van der Waals surface area contributed by atoms with Gasteiger partial charge in [-0.05, 0) is 32.4 Å². The highest BCUT2D eigenvalue weighted by atomic mass is 15.1. The minimum Gasteiger partial charge on any atom is -0.318 e. The quantitative estimate of drug-likeness (QED) is 0.615. The normalized spacial score (nSPS) is 17.7. The van der Waals surface area contributed by atoms with Gasteiger partial charge in [-0.3, -0.25) is 0 Å². The molecule has 2 heteroatoms. The molecule has 1 N–H and O–H groups in total. The lowest BCUT2D eigenvalue weighted by Crippen LogP contribution is -2.32. The number of nitrogens with one attached hydrogen (secondary N) is 1. The second kappa shape index (κ2) is 4.73. The van der Waals surface area contributed by atoms with Crippen molar-refractivity contribution in [1.82, 2.24) is 10.2 Å². The Morgan fingerprint density at radius 2 is 2.18 bits per heavy atom. The predicted molar refractivity (Wildman–Crippen MR) is 48.8 cm³/mol. The molecule has 0 spiro atoms. The Morgan fingerprint density at radius 3 is 2.64 bits per heavy atom. The highest BCUT2D eigenvalue weighted by Gasteiger charge is 2.23. The summed E-state index contributed by atoms with van der Waals surface area (Å²) in [5.41, 5.74) is 0. The average molecular weight is 156 g/mol. The Hall–Kier alpha value is -0.0800. The molecule has 0 atom stereocenters. The molecule has 0 unspecified atom stereocenters. The van der Waals surface area contributed by atoms with E-state index >= 15 is 0 Å². The highest BCUT2D eigenvalue weighted by Crippen LogP contribution is 2.29. The van der Waals surface area contributed by atoms with Crippen LogP contribution >= 0.6 is 0 Å². The predicted octanol–water partition coefficient (Wildman–Crippen LogP) is 0.938. The van der Waals surface area contributed by atoms with Gasteiger partial charge in [0, 0.05) is 19.6 Å². The first kappa shape index (κ1) is 9.01. The molecule has 2 nitrogen and oxygen atoms in total. The fraction of sp³-hybridized carbons (Fsp3) is 1.00. The van der Waals surface area contributed by atoms with E-state index in [0.29, 0.717) is 0 Å². The number of rotatable bonds is 6. The molecule has 66 valence electrons. The van der Waals surface area contributed by atoms with Crippen molar-refractivity contribution in [2.75, 3.05) is 33.2 Å². The van der Waals surface area contributed by atoms with Crippen LogP contribution < -0.4 is 5.32 Å². The number of hydrogen-bond donors (Lipinski definition) is 1. The van der Waals surface area contributed by atoms with Crippen LogP contribution in [0.25, 0.3) is 0 Å². The summed E-state index contributed by atoms with van der Waals surface area (Å²) in [4.78, 5) is 2.54. The Kier molecular flexibility index (Phi) is 3.87. The van der Waals surface area contributed by atoms with Gasteiger partial charge in [0.25, 0.3) is 0 Å². The molecule has 1 aliphatic carbocycles. The molecule has 0 aliphatic heterocycles. The molecule has 0 bridgehead atoms. The first-order valence-corrected chi connectivity index (χ1v) is 4.73. The minimum absolute atomic E-state index is 1.03. The third-order valence-electron chi connectivity index (χ3n) is 2.34. The van der Waals surface area contributed by atoms with Crippen LogP contribution in [0.3, 0.4) is 0 Å². The molecule has 0 saturated heterocycles. The fourth-order valence-electron chi connectivity index (χ4n) is 1.31. The van der Waals surface area contributed by atoms with Crippen molar-refractivity contribution < 1.29 is 0 Å². The molecule has 1 aliphatic rings.